The Morgan fingerprint density at radius 1 is 0.756 bits per heavy atom. The molecule has 1 heterocycles. The highest BCUT2D eigenvalue weighted by atomic mass is 127. The van der Waals surface area contributed by atoms with Crippen molar-refractivity contribution >= 4 is 34.2 Å². The lowest BCUT2D eigenvalue weighted by atomic mass is 9.63. The molecule has 0 spiro atoms. The standard InChI is InChI=1S/C39H42INO4/c1-6-44-33-18-27(17-28(40)37(33)45-24-26-15-11-8-12-16-26)34-35-29(19-38(2,3)21-31(35)42)41(23-25-13-9-7-10-14-25)30-20-39(4,5)22-32(43)36(30)34/h7-18,34H,6,19-24H2,1-5H3. The lowest BCUT2D eigenvalue weighted by molar-refractivity contribution is -0.119. The van der Waals surface area contributed by atoms with Crippen molar-refractivity contribution in [1.82, 2.24) is 4.90 Å². The van der Waals surface area contributed by atoms with Crippen LogP contribution in [0.2, 0.25) is 0 Å². The molecule has 2 aliphatic carbocycles. The van der Waals surface area contributed by atoms with Crippen LogP contribution in [0.15, 0.2) is 95.3 Å². The number of halogens is 1. The Hall–Kier alpha value is -3.39. The SMILES string of the molecule is CCOc1cc(C2C3=C(CC(C)(C)CC3=O)N(Cc3ccccc3)C3=C2C(=O)CC(C)(C)C3)cc(I)c1OCc1ccccc1. The first-order valence-electron chi connectivity index (χ1n) is 15.9. The Bertz CT molecular complexity index is 1630. The van der Waals surface area contributed by atoms with Crippen LogP contribution in [0.5, 0.6) is 11.5 Å². The predicted molar refractivity (Wildman–Crippen MR) is 186 cm³/mol. The number of benzene rings is 3. The highest BCUT2D eigenvalue weighted by Crippen LogP contribution is 2.55. The number of rotatable bonds is 8. The van der Waals surface area contributed by atoms with Gasteiger partial charge in [0.05, 0.1) is 10.2 Å². The molecule has 45 heavy (non-hydrogen) atoms. The molecule has 0 unspecified atom stereocenters. The van der Waals surface area contributed by atoms with Crippen LogP contribution in [0.3, 0.4) is 0 Å². The third kappa shape index (κ3) is 6.49. The zero-order chi connectivity index (χ0) is 31.9. The maximum absolute atomic E-state index is 14.3. The summed E-state index contributed by atoms with van der Waals surface area (Å²) in [6, 6.07) is 24.6. The molecular formula is C39H42INO4. The monoisotopic (exact) mass is 715 g/mol. The Morgan fingerprint density at radius 2 is 1.29 bits per heavy atom. The van der Waals surface area contributed by atoms with Crippen LogP contribution < -0.4 is 9.47 Å². The third-order valence-electron chi connectivity index (χ3n) is 9.10. The molecule has 3 aromatic carbocycles. The fraction of sp³-hybridized carbons (Fsp3) is 0.385. The Kier molecular flexibility index (Phi) is 8.72. The molecule has 0 saturated carbocycles. The van der Waals surface area contributed by atoms with E-state index in [1.807, 2.05) is 49.4 Å². The minimum absolute atomic E-state index is 0.130. The molecule has 5 nitrogen and oxygen atoms in total. The molecule has 234 valence electrons. The number of allylic oxidation sites excluding steroid dienone is 4. The van der Waals surface area contributed by atoms with E-state index >= 15 is 0 Å². The number of ether oxygens (including phenoxy) is 2. The second kappa shape index (κ2) is 12.4. The summed E-state index contributed by atoms with van der Waals surface area (Å²) in [5.74, 6) is 1.14. The first kappa shape index (κ1) is 31.6. The normalized spacial score (nSPS) is 19.4. The molecule has 0 aromatic heterocycles. The zero-order valence-corrected chi connectivity index (χ0v) is 29.1. The second-order valence-corrected chi connectivity index (χ2v) is 15.3. The lowest BCUT2D eigenvalue weighted by Crippen LogP contribution is -2.44. The van der Waals surface area contributed by atoms with Crippen LogP contribution >= 0.6 is 22.6 Å². The van der Waals surface area contributed by atoms with Crippen LogP contribution in [0.25, 0.3) is 0 Å². The predicted octanol–water partition coefficient (Wildman–Crippen LogP) is 9.15. The number of ketones is 2. The molecule has 3 aromatic rings. The number of nitrogens with zero attached hydrogens (tertiary/aromatic N) is 1. The van der Waals surface area contributed by atoms with Gasteiger partial charge in [0.1, 0.15) is 6.61 Å². The number of hydrogen-bond acceptors (Lipinski definition) is 5. The van der Waals surface area contributed by atoms with Gasteiger partial charge in [-0.2, -0.15) is 0 Å². The molecule has 0 fully saturated rings. The molecular weight excluding hydrogens is 673 g/mol. The van der Waals surface area contributed by atoms with Crippen LogP contribution in [0.1, 0.15) is 82.9 Å². The summed E-state index contributed by atoms with van der Waals surface area (Å²) >= 11 is 2.31. The molecule has 0 saturated heterocycles. The zero-order valence-electron chi connectivity index (χ0n) is 26.9. The summed E-state index contributed by atoms with van der Waals surface area (Å²) in [4.78, 5) is 30.9. The van der Waals surface area contributed by atoms with Crippen LogP contribution in [0.4, 0.5) is 0 Å². The quantitative estimate of drug-likeness (QED) is 0.218. The minimum atomic E-state index is -0.440. The summed E-state index contributed by atoms with van der Waals surface area (Å²) in [5.41, 5.74) is 6.45. The van der Waals surface area contributed by atoms with Crippen LogP contribution in [-0.2, 0) is 22.7 Å². The topological polar surface area (TPSA) is 55.8 Å². The fourth-order valence-corrected chi connectivity index (χ4v) is 8.01. The maximum atomic E-state index is 14.3. The van der Waals surface area contributed by atoms with Gasteiger partial charge in [-0.25, -0.2) is 0 Å². The van der Waals surface area contributed by atoms with Crippen molar-refractivity contribution in [3.63, 3.8) is 0 Å². The van der Waals surface area contributed by atoms with Gasteiger partial charge in [0.15, 0.2) is 23.1 Å². The number of carbonyl (C=O) groups is 2. The molecule has 0 amide bonds. The van der Waals surface area contributed by atoms with Crippen molar-refractivity contribution in [3.05, 3.63) is 116 Å². The van der Waals surface area contributed by atoms with Gasteiger partial charge >= 0.3 is 0 Å². The van der Waals surface area contributed by atoms with Crippen molar-refractivity contribution in [3.8, 4) is 11.5 Å². The van der Waals surface area contributed by atoms with E-state index in [4.69, 9.17) is 9.47 Å². The number of Topliss-reactive ketones (excluding diaryl/α,β-unsaturated/α-hetero) is 2. The van der Waals surface area contributed by atoms with Gasteiger partial charge in [0.25, 0.3) is 0 Å². The molecule has 6 rings (SSSR count). The van der Waals surface area contributed by atoms with Crippen molar-refractivity contribution in [2.24, 2.45) is 10.8 Å². The highest BCUT2D eigenvalue weighted by Gasteiger charge is 2.49. The Morgan fingerprint density at radius 3 is 1.82 bits per heavy atom. The smallest absolute Gasteiger partial charge is 0.174 e. The number of hydrogen-bond donors (Lipinski definition) is 0. The molecule has 3 aliphatic rings. The summed E-state index contributed by atoms with van der Waals surface area (Å²) in [7, 11) is 0. The van der Waals surface area contributed by atoms with Crippen molar-refractivity contribution < 1.29 is 19.1 Å². The van der Waals surface area contributed by atoms with Gasteiger partial charge in [0, 0.05) is 47.8 Å². The molecule has 0 bridgehead atoms. The summed E-state index contributed by atoms with van der Waals surface area (Å²) in [6.07, 6.45) is 2.46. The number of carbonyl (C=O) groups excluding carboxylic acids is 2. The van der Waals surface area contributed by atoms with Crippen LogP contribution in [-0.4, -0.2) is 23.1 Å². The largest absolute Gasteiger partial charge is 0.490 e. The molecule has 0 radical (unpaired) electrons. The van der Waals surface area contributed by atoms with E-state index in [0.29, 0.717) is 44.1 Å². The summed E-state index contributed by atoms with van der Waals surface area (Å²) < 4.78 is 13.4. The first-order chi connectivity index (χ1) is 21.5. The fourth-order valence-electron chi connectivity index (χ4n) is 7.23. The third-order valence-corrected chi connectivity index (χ3v) is 9.90. The highest BCUT2D eigenvalue weighted by molar-refractivity contribution is 14.1. The van der Waals surface area contributed by atoms with Gasteiger partial charge in [-0.15, -0.1) is 0 Å². The second-order valence-electron chi connectivity index (χ2n) is 14.1. The van der Waals surface area contributed by atoms with Gasteiger partial charge in [-0.05, 0) is 82.0 Å². The van der Waals surface area contributed by atoms with Crippen molar-refractivity contribution in [2.75, 3.05) is 6.61 Å². The molecule has 0 atom stereocenters. The van der Waals surface area contributed by atoms with Gasteiger partial charge < -0.3 is 14.4 Å². The van der Waals surface area contributed by atoms with E-state index in [1.165, 1.54) is 0 Å². The summed E-state index contributed by atoms with van der Waals surface area (Å²) in [6.45, 7) is 12.2. The molecule has 1 aliphatic heterocycles. The van der Waals surface area contributed by atoms with E-state index in [-0.39, 0.29) is 22.4 Å². The van der Waals surface area contributed by atoms with E-state index in [1.54, 1.807) is 0 Å². The molecule has 6 heteroatoms. The van der Waals surface area contributed by atoms with Gasteiger partial charge in [-0.1, -0.05) is 88.4 Å². The average Bonchev–Trinajstić information content (AvgIpc) is 2.97. The van der Waals surface area contributed by atoms with Gasteiger partial charge in [-0.3, -0.25) is 9.59 Å². The molecule has 0 N–H and O–H groups in total. The van der Waals surface area contributed by atoms with Gasteiger partial charge in [0.2, 0.25) is 0 Å². The first-order valence-corrected chi connectivity index (χ1v) is 17.0. The van der Waals surface area contributed by atoms with Crippen LogP contribution in [0, 0.1) is 14.4 Å². The van der Waals surface area contributed by atoms with E-state index in [2.05, 4.69) is 85.5 Å². The van der Waals surface area contributed by atoms with E-state index in [9.17, 15) is 9.59 Å². The average molecular weight is 716 g/mol. The maximum Gasteiger partial charge on any atom is 0.174 e. The van der Waals surface area contributed by atoms with Crippen molar-refractivity contribution in [2.45, 2.75) is 79.4 Å². The van der Waals surface area contributed by atoms with E-state index in [0.717, 1.165) is 55.6 Å². The summed E-state index contributed by atoms with van der Waals surface area (Å²) in [5, 5.41) is 0. The lowest BCUT2D eigenvalue weighted by Gasteiger charge is -2.49. The van der Waals surface area contributed by atoms with Crippen molar-refractivity contribution in [1.29, 1.82) is 0 Å². The minimum Gasteiger partial charge on any atom is -0.490 e. The Labute approximate surface area is 280 Å². The van der Waals surface area contributed by atoms with E-state index < -0.39 is 5.92 Å². The Balaban J connectivity index is 1.52.